The Morgan fingerprint density at radius 3 is 2.31 bits per heavy atom. The van der Waals surface area contributed by atoms with Gasteiger partial charge in [0.05, 0.1) is 0 Å². The van der Waals surface area contributed by atoms with Gasteiger partial charge in [0.25, 0.3) is 0 Å². The molecule has 2 atom stereocenters. The van der Waals surface area contributed by atoms with Crippen LogP contribution in [0.3, 0.4) is 0 Å². The molecule has 0 spiro atoms. The lowest BCUT2D eigenvalue weighted by Gasteiger charge is -2.24. The largest absolute Gasteiger partial charge is 0.351 e. The molecule has 0 aromatic heterocycles. The SMILES string of the molecule is C[C@@H]1CCC[C@H]1C(=O)NC(C)(C)C. The quantitative estimate of drug-likeness (QED) is 0.664. The lowest BCUT2D eigenvalue weighted by Crippen LogP contribution is -2.44. The number of carbonyl (C=O) groups excluding carboxylic acids is 1. The zero-order valence-electron chi connectivity index (χ0n) is 9.18. The molecule has 1 fully saturated rings. The standard InChI is InChI=1S/C11H21NO/c1-8-6-5-7-9(8)10(13)12-11(2,3)4/h8-9H,5-7H2,1-4H3,(H,12,13)/t8-,9-/m1/s1. The minimum Gasteiger partial charge on any atom is -0.351 e. The van der Waals surface area contributed by atoms with E-state index in [4.69, 9.17) is 0 Å². The van der Waals surface area contributed by atoms with Gasteiger partial charge in [-0.3, -0.25) is 4.79 Å². The molecule has 0 bridgehead atoms. The number of nitrogens with one attached hydrogen (secondary N) is 1. The number of hydrogen-bond donors (Lipinski definition) is 1. The van der Waals surface area contributed by atoms with Gasteiger partial charge in [-0.2, -0.15) is 0 Å². The summed E-state index contributed by atoms with van der Waals surface area (Å²) in [6.45, 7) is 8.28. The maximum atomic E-state index is 11.8. The van der Waals surface area contributed by atoms with Gasteiger partial charge in [0, 0.05) is 11.5 Å². The van der Waals surface area contributed by atoms with E-state index in [1.54, 1.807) is 0 Å². The molecule has 0 saturated heterocycles. The van der Waals surface area contributed by atoms with Crippen molar-refractivity contribution >= 4 is 5.91 Å². The minimum atomic E-state index is -0.0839. The van der Waals surface area contributed by atoms with Crippen molar-refractivity contribution < 1.29 is 4.79 Å². The van der Waals surface area contributed by atoms with Crippen LogP contribution >= 0.6 is 0 Å². The molecular formula is C11H21NO. The predicted octanol–water partition coefficient (Wildman–Crippen LogP) is 2.34. The third-order valence-electron chi connectivity index (χ3n) is 2.70. The van der Waals surface area contributed by atoms with Crippen LogP contribution in [0, 0.1) is 11.8 Å². The van der Waals surface area contributed by atoms with E-state index in [0.29, 0.717) is 5.92 Å². The first-order chi connectivity index (χ1) is 5.90. The van der Waals surface area contributed by atoms with E-state index in [9.17, 15) is 4.79 Å². The topological polar surface area (TPSA) is 29.1 Å². The Morgan fingerprint density at radius 1 is 1.31 bits per heavy atom. The molecule has 1 amide bonds. The highest BCUT2D eigenvalue weighted by atomic mass is 16.2. The van der Waals surface area contributed by atoms with Gasteiger partial charge < -0.3 is 5.32 Å². The van der Waals surface area contributed by atoms with Crippen molar-refractivity contribution in [3.8, 4) is 0 Å². The van der Waals surface area contributed by atoms with Crippen molar-refractivity contribution in [2.75, 3.05) is 0 Å². The van der Waals surface area contributed by atoms with Crippen molar-refractivity contribution in [2.45, 2.75) is 52.5 Å². The van der Waals surface area contributed by atoms with Crippen molar-refractivity contribution in [2.24, 2.45) is 11.8 Å². The van der Waals surface area contributed by atoms with Crippen LogP contribution in [-0.4, -0.2) is 11.4 Å². The summed E-state index contributed by atoms with van der Waals surface area (Å²) in [5.74, 6) is 1.08. The van der Waals surface area contributed by atoms with E-state index in [1.165, 1.54) is 12.8 Å². The van der Waals surface area contributed by atoms with Crippen molar-refractivity contribution in [3.05, 3.63) is 0 Å². The van der Waals surface area contributed by atoms with E-state index >= 15 is 0 Å². The number of amides is 1. The molecule has 13 heavy (non-hydrogen) atoms. The van der Waals surface area contributed by atoms with Gasteiger partial charge in [0.1, 0.15) is 0 Å². The molecule has 0 heterocycles. The lowest BCUT2D eigenvalue weighted by molar-refractivity contribution is -0.127. The molecule has 0 radical (unpaired) electrons. The smallest absolute Gasteiger partial charge is 0.223 e. The number of rotatable bonds is 1. The van der Waals surface area contributed by atoms with Gasteiger partial charge in [-0.25, -0.2) is 0 Å². The van der Waals surface area contributed by atoms with Gasteiger partial charge in [0.2, 0.25) is 5.91 Å². The molecule has 2 heteroatoms. The average molecular weight is 183 g/mol. The van der Waals surface area contributed by atoms with E-state index in [2.05, 4.69) is 12.2 Å². The fourth-order valence-corrected chi connectivity index (χ4v) is 2.00. The second-order valence-electron chi connectivity index (χ2n) is 5.25. The first kappa shape index (κ1) is 10.6. The summed E-state index contributed by atoms with van der Waals surface area (Å²) >= 11 is 0. The molecule has 0 unspecified atom stereocenters. The third-order valence-corrected chi connectivity index (χ3v) is 2.70. The summed E-state index contributed by atoms with van der Waals surface area (Å²) in [7, 11) is 0. The molecule has 1 rings (SSSR count). The van der Waals surface area contributed by atoms with Crippen molar-refractivity contribution in [3.63, 3.8) is 0 Å². The molecule has 1 N–H and O–H groups in total. The Bertz CT molecular complexity index is 193. The highest BCUT2D eigenvalue weighted by molar-refractivity contribution is 5.79. The summed E-state index contributed by atoms with van der Waals surface area (Å²) < 4.78 is 0. The fraction of sp³-hybridized carbons (Fsp3) is 0.909. The maximum absolute atomic E-state index is 11.8. The Labute approximate surface area is 81.1 Å². The zero-order chi connectivity index (χ0) is 10.1. The van der Waals surface area contributed by atoms with Gasteiger partial charge >= 0.3 is 0 Å². The zero-order valence-corrected chi connectivity index (χ0v) is 9.18. The molecule has 0 aromatic carbocycles. The van der Waals surface area contributed by atoms with Crippen LogP contribution in [-0.2, 0) is 4.79 Å². The van der Waals surface area contributed by atoms with Crippen LogP contribution in [0.15, 0.2) is 0 Å². The monoisotopic (exact) mass is 183 g/mol. The second-order valence-corrected chi connectivity index (χ2v) is 5.25. The summed E-state index contributed by atoms with van der Waals surface area (Å²) in [5.41, 5.74) is -0.0839. The van der Waals surface area contributed by atoms with Gasteiger partial charge in [0.15, 0.2) is 0 Å². The van der Waals surface area contributed by atoms with Crippen LogP contribution in [0.5, 0.6) is 0 Å². The van der Waals surface area contributed by atoms with Crippen molar-refractivity contribution in [1.82, 2.24) is 5.32 Å². The second kappa shape index (κ2) is 3.69. The molecule has 76 valence electrons. The third kappa shape index (κ3) is 3.02. The molecule has 2 nitrogen and oxygen atoms in total. The predicted molar refractivity (Wildman–Crippen MR) is 54.4 cm³/mol. The molecule has 0 aliphatic heterocycles. The van der Waals surface area contributed by atoms with E-state index < -0.39 is 0 Å². The Kier molecular flexibility index (Phi) is 2.99. The van der Waals surface area contributed by atoms with Crippen LogP contribution in [0.4, 0.5) is 0 Å². The van der Waals surface area contributed by atoms with Crippen molar-refractivity contribution in [1.29, 1.82) is 0 Å². The summed E-state index contributed by atoms with van der Waals surface area (Å²) in [6.07, 6.45) is 3.49. The molecule has 1 aliphatic carbocycles. The van der Waals surface area contributed by atoms with Crippen LogP contribution < -0.4 is 5.32 Å². The Morgan fingerprint density at radius 2 is 1.92 bits per heavy atom. The normalized spacial score (nSPS) is 28.9. The minimum absolute atomic E-state index is 0.0839. The molecular weight excluding hydrogens is 162 g/mol. The first-order valence-corrected chi connectivity index (χ1v) is 5.22. The Balaban J connectivity index is 2.48. The van der Waals surface area contributed by atoms with Crippen LogP contribution in [0.2, 0.25) is 0 Å². The summed E-state index contributed by atoms with van der Waals surface area (Å²) in [4.78, 5) is 11.8. The van der Waals surface area contributed by atoms with Gasteiger partial charge in [-0.15, -0.1) is 0 Å². The van der Waals surface area contributed by atoms with E-state index in [1.807, 2.05) is 20.8 Å². The molecule has 0 aromatic rings. The van der Waals surface area contributed by atoms with Gasteiger partial charge in [-0.1, -0.05) is 13.3 Å². The van der Waals surface area contributed by atoms with E-state index in [0.717, 1.165) is 6.42 Å². The number of carbonyl (C=O) groups is 1. The van der Waals surface area contributed by atoms with Crippen LogP contribution in [0.25, 0.3) is 0 Å². The lowest BCUT2D eigenvalue weighted by atomic mass is 9.96. The molecule has 1 saturated carbocycles. The maximum Gasteiger partial charge on any atom is 0.223 e. The highest BCUT2D eigenvalue weighted by Gasteiger charge is 2.31. The fourth-order valence-electron chi connectivity index (χ4n) is 2.00. The summed E-state index contributed by atoms with van der Waals surface area (Å²) in [6, 6.07) is 0. The van der Waals surface area contributed by atoms with Gasteiger partial charge in [-0.05, 0) is 39.5 Å². The van der Waals surface area contributed by atoms with E-state index in [-0.39, 0.29) is 17.4 Å². The highest BCUT2D eigenvalue weighted by Crippen LogP contribution is 2.31. The van der Waals surface area contributed by atoms with Crippen LogP contribution in [0.1, 0.15) is 47.0 Å². The Hall–Kier alpha value is -0.530. The number of hydrogen-bond acceptors (Lipinski definition) is 1. The summed E-state index contributed by atoms with van der Waals surface area (Å²) in [5, 5.41) is 3.05. The first-order valence-electron chi connectivity index (χ1n) is 5.22. The molecule has 1 aliphatic rings. The average Bonchev–Trinajstić information content (AvgIpc) is 2.30.